The summed E-state index contributed by atoms with van der Waals surface area (Å²) in [5.74, 6) is 0. The summed E-state index contributed by atoms with van der Waals surface area (Å²) >= 11 is 5.61. The molecule has 29 heavy (non-hydrogen) atoms. The van der Waals surface area contributed by atoms with Crippen molar-refractivity contribution in [3.8, 4) is 0 Å². The molecule has 1 aromatic carbocycles. The topological polar surface area (TPSA) is 36.5 Å². The number of nitrogens with zero attached hydrogens (tertiary/aromatic N) is 1. The summed E-state index contributed by atoms with van der Waals surface area (Å²) in [6.45, 7) is 1.58. The first-order valence-electron chi connectivity index (χ1n) is 10.2. The van der Waals surface area contributed by atoms with Crippen molar-refractivity contribution in [2.75, 3.05) is 13.1 Å². The lowest BCUT2D eigenvalue weighted by Crippen LogP contribution is -2.51. The van der Waals surface area contributed by atoms with Crippen LogP contribution in [0.1, 0.15) is 56.1 Å². The number of rotatable bonds is 2. The van der Waals surface area contributed by atoms with E-state index in [4.69, 9.17) is 17.1 Å². The number of thiocarbonyl (C=S) groups is 1. The van der Waals surface area contributed by atoms with Gasteiger partial charge in [-0.2, -0.15) is 13.2 Å². The minimum absolute atomic E-state index is 0.436. The van der Waals surface area contributed by atoms with Crippen LogP contribution in [0.5, 0.6) is 0 Å². The second-order valence-electron chi connectivity index (χ2n) is 8.17. The Labute approximate surface area is 174 Å². The molecule has 1 aliphatic carbocycles. The number of nitrogens with one attached hydrogen (secondary N) is 2. The third-order valence-corrected chi connectivity index (χ3v) is 6.50. The Morgan fingerprint density at radius 3 is 2.38 bits per heavy atom. The van der Waals surface area contributed by atoms with E-state index in [1.54, 1.807) is 0 Å². The first-order chi connectivity index (χ1) is 13.8. The molecule has 2 N–H and O–H groups in total. The molecule has 0 amide bonds. The molecule has 1 aromatic rings. The van der Waals surface area contributed by atoms with Crippen molar-refractivity contribution in [3.05, 3.63) is 41.5 Å². The highest BCUT2D eigenvalue weighted by atomic mass is 32.1. The molecule has 2 fully saturated rings. The fourth-order valence-corrected chi connectivity index (χ4v) is 4.66. The lowest BCUT2D eigenvalue weighted by molar-refractivity contribution is -0.137. The molecule has 0 radical (unpaired) electrons. The van der Waals surface area contributed by atoms with E-state index in [0.717, 1.165) is 48.9 Å². The number of halogens is 3. The number of hydroxylamine groups is 1. The molecule has 0 unspecified atom stereocenters. The Hall–Kier alpha value is -1.80. The summed E-state index contributed by atoms with van der Waals surface area (Å²) in [7, 11) is 0. The molecule has 0 atom stereocenters. The Morgan fingerprint density at radius 2 is 1.76 bits per heavy atom. The standard InChI is InChI=1S/C21H26F3N3OS/c22-21(23,24)16-8-6-15(7-9-16)18-14-20(28-26-18)10-12-27(13-11-20)19(29)25-17-4-2-1-3-5-17/h6-9,14,17,26H,1-5,10-13H2,(H,25,29). The van der Waals surface area contributed by atoms with Crippen molar-refractivity contribution in [2.24, 2.45) is 0 Å². The molecule has 0 bridgehead atoms. The molecule has 4 nitrogen and oxygen atoms in total. The van der Waals surface area contributed by atoms with Gasteiger partial charge in [0.05, 0.1) is 11.3 Å². The van der Waals surface area contributed by atoms with Crippen LogP contribution in [-0.4, -0.2) is 34.7 Å². The zero-order chi connectivity index (χ0) is 20.5. The number of hydrogen-bond acceptors (Lipinski definition) is 3. The third kappa shape index (κ3) is 4.69. The average Bonchev–Trinajstić information content (AvgIpc) is 3.12. The van der Waals surface area contributed by atoms with Crippen molar-refractivity contribution >= 4 is 23.0 Å². The van der Waals surface area contributed by atoms with Crippen LogP contribution in [0.25, 0.3) is 5.70 Å². The molecule has 4 rings (SSSR count). The Kier molecular flexibility index (Phi) is 5.75. The lowest BCUT2D eigenvalue weighted by atomic mass is 9.90. The van der Waals surface area contributed by atoms with E-state index >= 15 is 0 Å². The van der Waals surface area contributed by atoms with Gasteiger partial charge in [0.15, 0.2) is 5.11 Å². The van der Waals surface area contributed by atoms with Crippen molar-refractivity contribution in [3.63, 3.8) is 0 Å². The average molecular weight is 426 g/mol. The Morgan fingerprint density at radius 1 is 1.10 bits per heavy atom. The summed E-state index contributed by atoms with van der Waals surface area (Å²) in [5, 5.41) is 4.34. The predicted octanol–water partition coefficient (Wildman–Crippen LogP) is 4.62. The summed E-state index contributed by atoms with van der Waals surface area (Å²) in [6.07, 6.45) is 5.44. The van der Waals surface area contributed by atoms with Gasteiger partial charge in [-0.05, 0) is 48.8 Å². The maximum absolute atomic E-state index is 12.8. The first kappa shape index (κ1) is 20.5. The van der Waals surface area contributed by atoms with Gasteiger partial charge in [0, 0.05) is 32.0 Å². The van der Waals surface area contributed by atoms with E-state index in [1.165, 1.54) is 44.2 Å². The number of piperidine rings is 1. The maximum Gasteiger partial charge on any atom is 0.416 e. The van der Waals surface area contributed by atoms with Gasteiger partial charge in [-0.3, -0.25) is 10.3 Å². The summed E-state index contributed by atoms with van der Waals surface area (Å²) in [4.78, 5) is 8.07. The van der Waals surface area contributed by atoms with Gasteiger partial charge in [0.1, 0.15) is 5.60 Å². The Balaban J connectivity index is 1.35. The highest BCUT2D eigenvalue weighted by Crippen LogP contribution is 2.36. The van der Waals surface area contributed by atoms with E-state index in [0.29, 0.717) is 11.6 Å². The monoisotopic (exact) mass is 425 g/mol. The summed E-state index contributed by atoms with van der Waals surface area (Å²) < 4.78 is 38.3. The van der Waals surface area contributed by atoms with Gasteiger partial charge in [-0.25, -0.2) is 0 Å². The largest absolute Gasteiger partial charge is 0.416 e. The van der Waals surface area contributed by atoms with Crippen LogP contribution in [0.2, 0.25) is 0 Å². The van der Waals surface area contributed by atoms with Crippen LogP contribution >= 0.6 is 12.2 Å². The van der Waals surface area contributed by atoms with Gasteiger partial charge in [-0.1, -0.05) is 31.4 Å². The minimum Gasteiger partial charge on any atom is -0.360 e. The Bertz CT molecular complexity index is 764. The van der Waals surface area contributed by atoms with Gasteiger partial charge in [0.2, 0.25) is 0 Å². The van der Waals surface area contributed by atoms with E-state index in [1.807, 2.05) is 6.08 Å². The fourth-order valence-electron chi connectivity index (χ4n) is 4.31. The lowest BCUT2D eigenvalue weighted by Gasteiger charge is -2.39. The van der Waals surface area contributed by atoms with Crippen LogP contribution in [0.15, 0.2) is 30.3 Å². The van der Waals surface area contributed by atoms with Gasteiger partial charge in [0.25, 0.3) is 0 Å². The van der Waals surface area contributed by atoms with Crippen molar-refractivity contribution in [1.82, 2.24) is 15.7 Å². The number of likely N-dealkylation sites (tertiary alicyclic amines) is 1. The van der Waals surface area contributed by atoms with E-state index in [9.17, 15) is 13.2 Å². The molecular formula is C21H26F3N3OS. The third-order valence-electron chi connectivity index (χ3n) is 6.12. The van der Waals surface area contributed by atoms with Crippen LogP contribution in [0, 0.1) is 0 Å². The van der Waals surface area contributed by atoms with E-state index < -0.39 is 17.3 Å². The first-order valence-corrected chi connectivity index (χ1v) is 10.7. The zero-order valence-corrected chi connectivity index (χ0v) is 17.0. The molecule has 1 saturated heterocycles. The van der Waals surface area contributed by atoms with Crippen LogP contribution in [0.4, 0.5) is 13.2 Å². The molecule has 1 saturated carbocycles. The van der Waals surface area contributed by atoms with Crippen molar-refractivity contribution in [2.45, 2.75) is 62.8 Å². The molecule has 8 heteroatoms. The van der Waals surface area contributed by atoms with E-state index in [2.05, 4.69) is 15.7 Å². The second-order valence-corrected chi connectivity index (χ2v) is 8.56. The number of hydrogen-bond donors (Lipinski definition) is 2. The van der Waals surface area contributed by atoms with Crippen LogP contribution < -0.4 is 10.8 Å². The van der Waals surface area contributed by atoms with Gasteiger partial charge >= 0.3 is 6.18 Å². The second kappa shape index (κ2) is 8.14. The minimum atomic E-state index is -4.33. The summed E-state index contributed by atoms with van der Waals surface area (Å²) in [5.41, 5.74) is 3.23. The van der Waals surface area contributed by atoms with Crippen LogP contribution in [-0.2, 0) is 11.0 Å². The predicted molar refractivity (Wildman–Crippen MR) is 110 cm³/mol. The fraction of sp³-hybridized carbons (Fsp3) is 0.571. The molecule has 3 aliphatic rings. The molecule has 158 valence electrons. The number of alkyl halides is 3. The quantitative estimate of drug-likeness (QED) is 0.676. The molecule has 0 aromatic heterocycles. The van der Waals surface area contributed by atoms with Crippen LogP contribution in [0.3, 0.4) is 0 Å². The smallest absolute Gasteiger partial charge is 0.360 e. The summed E-state index contributed by atoms with van der Waals surface area (Å²) in [6, 6.07) is 5.63. The van der Waals surface area contributed by atoms with Gasteiger partial charge in [-0.15, -0.1) is 0 Å². The molecule has 2 aliphatic heterocycles. The molecule has 1 spiro atoms. The van der Waals surface area contributed by atoms with Crippen molar-refractivity contribution < 1.29 is 18.0 Å². The SMILES string of the molecule is FC(F)(F)c1ccc(C2=CC3(CCN(C(=S)NC4CCCCC4)CC3)ON2)cc1. The molecule has 2 heterocycles. The normalized spacial score (nSPS) is 22.3. The maximum atomic E-state index is 12.8. The van der Waals surface area contributed by atoms with Crippen molar-refractivity contribution in [1.29, 1.82) is 0 Å². The highest BCUT2D eigenvalue weighted by Gasteiger charge is 2.39. The van der Waals surface area contributed by atoms with Gasteiger partial charge < -0.3 is 10.2 Å². The molecular weight excluding hydrogens is 399 g/mol. The van der Waals surface area contributed by atoms with E-state index in [-0.39, 0.29) is 0 Å². The number of benzene rings is 1. The zero-order valence-electron chi connectivity index (χ0n) is 16.2. The highest BCUT2D eigenvalue weighted by molar-refractivity contribution is 7.80.